The van der Waals surface area contributed by atoms with E-state index in [1.807, 2.05) is 30.3 Å². The fourth-order valence-electron chi connectivity index (χ4n) is 2.49. The number of halogens is 1. The zero-order valence-corrected chi connectivity index (χ0v) is 12.4. The molecule has 2 aliphatic heterocycles. The van der Waals surface area contributed by atoms with Crippen LogP contribution in [0.5, 0.6) is 23.0 Å². The van der Waals surface area contributed by atoms with Gasteiger partial charge in [0.1, 0.15) is 18.1 Å². The summed E-state index contributed by atoms with van der Waals surface area (Å²) in [6.45, 7) is 1.33. The average molecular weight is 321 g/mol. The highest BCUT2D eigenvalue weighted by molar-refractivity contribution is 6.30. The molecule has 0 unspecified atom stereocenters. The minimum atomic E-state index is 0.242. The Morgan fingerprint density at radius 3 is 2.86 bits per heavy atom. The van der Waals surface area contributed by atoms with Crippen molar-refractivity contribution in [1.82, 2.24) is 0 Å². The van der Waals surface area contributed by atoms with E-state index in [2.05, 4.69) is 0 Å². The van der Waals surface area contributed by atoms with Gasteiger partial charge in [0.25, 0.3) is 0 Å². The molecule has 0 aromatic heterocycles. The maximum atomic E-state index is 6.14. The van der Waals surface area contributed by atoms with E-state index in [1.54, 1.807) is 0 Å². The summed E-state index contributed by atoms with van der Waals surface area (Å²) in [6, 6.07) is 9.17. The summed E-state index contributed by atoms with van der Waals surface area (Å²) < 4.78 is 27.3. The number of ether oxygens (including phenoxy) is 5. The van der Waals surface area contributed by atoms with E-state index in [9.17, 15) is 0 Å². The Bertz CT molecular complexity index is 716. The van der Waals surface area contributed by atoms with Crippen LogP contribution in [0.1, 0.15) is 11.1 Å². The highest BCUT2D eigenvalue weighted by Gasteiger charge is 2.18. The lowest BCUT2D eigenvalue weighted by Crippen LogP contribution is -2.14. The van der Waals surface area contributed by atoms with Crippen LogP contribution in [0.4, 0.5) is 0 Å². The van der Waals surface area contributed by atoms with Gasteiger partial charge in [-0.15, -0.1) is 0 Å². The van der Waals surface area contributed by atoms with Crippen molar-refractivity contribution in [3.63, 3.8) is 0 Å². The summed E-state index contributed by atoms with van der Waals surface area (Å²) in [5, 5.41) is 0.636. The quantitative estimate of drug-likeness (QED) is 0.866. The normalized spacial score (nSPS) is 15.1. The number of benzene rings is 2. The zero-order chi connectivity index (χ0) is 14.9. The standard InChI is InChI=1S/C16H13ClO5/c17-12-3-10-6-18-8-22-16(10)11(4-12)7-19-13-1-2-14-15(5-13)21-9-20-14/h1-5H,6-9H2. The molecule has 2 aliphatic rings. The predicted molar refractivity (Wildman–Crippen MR) is 78.6 cm³/mol. The van der Waals surface area contributed by atoms with Gasteiger partial charge >= 0.3 is 0 Å². The molecule has 0 atom stereocenters. The molecule has 0 N–H and O–H groups in total. The molecule has 2 heterocycles. The molecule has 2 aromatic carbocycles. The molecule has 5 nitrogen and oxygen atoms in total. The number of rotatable bonds is 3. The molecule has 0 saturated heterocycles. The maximum absolute atomic E-state index is 6.14. The fourth-order valence-corrected chi connectivity index (χ4v) is 2.76. The van der Waals surface area contributed by atoms with Crippen molar-refractivity contribution < 1.29 is 23.7 Å². The van der Waals surface area contributed by atoms with Crippen molar-refractivity contribution >= 4 is 11.6 Å². The van der Waals surface area contributed by atoms with Crippen molar-refractivity contribution in [2.45, 2.75) is 13.2 Å². The summed E-state index contributed by atoms with van der Waals surface area (Å²) >= 11 is 6.14. The molecule has 22 heavy (non-hydrogen) atoms. The Labute approximate surface area is 132 Å². The van der Waals surface area contributed by atoms with Crippen molar-refractivity contribution in [1.29, 1.82) is 0 Å². The van der Waals surface area contributed by atoms with E-state index in [0.717, 1.165) is 22.6 Å². The second kappa shape index (κ2) is 5.59. The Hall–Kier alpha value is -2.11. The lowest BCUT2D eigenvalue weighted by molar-refractivity contribution is -0.0175. The number of hydrogen-bond donors (Lipinski definition) is 0. The van der Waals surface area contributed by atoms with Gasteiger partial charge in [-0.3, -0.25) is 0 Å². The summed E-state index contributed by atoms with van der Waals surface area (Å²) in [7, 11) is 0. The third-order valence-electron chi connectivity index (χ3n) is 3.49. The van der Waals surface area contributed by atoms with Crippen molar-refractivity contribution in [2.24, 2.45) is 0 Å². The largest absolute Gasteiger partial charge is 0.489 e. The van der Waals surface area contributed by atoms with Crippen molar-refractivity contribution in [2.75, 3.05) is 13.6 Å². The topological polar surface area (TPSA) is 46.2 Å². The molecule has 0 aliphatic carbocycles. The zero-order valence-electron chi connectivity index (χ0n) is 11.6. The molecule has 0 spiro atoms. The highest BCUT2D eigenvalue weighted by Crippen LogP contribution is 2.36. The van der Waals surface area contributed by atoms with E-state index >= 15 is 0 Å². The van der Waals surface area contributed by atoms with Crippen molar-refractivity contribution in [3.8, 4) is 23.0 Å². The van der Waals surface area contributed by atoms with Gasteiger partial charge in [-0.1, -0.05) is 11.6 Å². The SMILES string of the molecule is Clc1cc2c(c(COc3ccc4c(c3)OCO4)c1)OCOC2. The van der Waals surface area contributed by atoms with Crippen LogP contribution in [0.25, 0.3) is 0 Å². The first-order valence-corrected chi connectivity index (χ1v) is 7.22. The Morgan fingerprint density at radius 2 is 1.91 bits per heavy atom. The molecular formula is C16H13ClO5. The van der Waals surface area contributed by atoms with Crippen LogP contribution >= 0.6 is 11.6 Å². The molecule has 2 aromatic rings. The number of hydrogen-bond acceptors (Lipinski definition) is 5. The van der Waals surface area contributed by atoms with Gasteiger partial charge in [0, 0.05) is 22.2 Å². The van der Waals surface area contributed by atoms with Gasteiger partial charge in [0.15, 0.2) is 18.3 Å². The summed E-state index contributed by atoms with van der Waals surface area (Å²) in [4.78, 5) is 0. The van der Waals surface area contributed by atoms with Gasteiger partial charge in [-0.2, -0.15) is 0 Å². The smallest absolute Gasteiger partial charge is 0.231 e. The van der Waals surface area contributed by atoms with Crippen LogP contribution in [0.2, 0.25) is 5.02 Å². The maximum Gasteiger partial charge on any atom is 0.231 e. The van der Waals surface area contributed by atoms with Gasteiger partial charge in [0.05, 0.1) is 6.61 Å². The minimum Gasteiger partial charge on any atom is -0.489 e. The Balaban J connectivity index is 1.55. The number of fused-ring (bicyclic) bond motifs is 2. The summed E-state index contributed by atoms with van der Waals surface area (Å²) in [5.41, 5.74) is 1.83. The lowest BCUT2D eigenvalue weighted by atomic mass is 10.1. The third-order valence-corrected chi connectivity index (χ3v) is 3.71. The van der Waals surface area contributed by atoms with Crippen LogP contribution in [-0.2, 0) is 18.0 Å². The second-order valence-corrected chi connectivity index (χ2v) is 5.40. The van der Waals surface area contributed by atoms with Crippen LogP contribution in [0.15, 0.2) is 30.3 Å². The first-order chi connectivity index (χ1) is 10.8. The monoisotopic (exact) mass is 320 g/mol. The summed E-state index contributed by atoms with van der Waals surface area (Å²) in [6.07, 6.45) is 0. The predicted octanol–water partition coefficient (Wildman–Crippen LogP) is 3.51. The van der Waals surface area contributed by atoms with Gasteiger partial charge < -0.3 is 23.7 Å². The minimum absolute atomic E-state index is 0.242. The first-order valence-electron chi connectivity index (χ1n) is 6.84. The summed E-state index contributed by atoms with van der Waals surface area (Å²) in [5.74, 6) is 2.91. The lowest BCUT2D eigenvalue weighted by Gasteiger charge is -2.21. The molecule has 0 amide bonds. The Morgan fingerprint density at radius 1 is 1.00 bits per heavy atom. The van der Waals surface area contributed by atoms with Crippen LogP contribution in [0.3, 0.4) is 0 Å². The first kappa shape index (κ1) is 13.5. The molecule has 4 rings (SSSR count). The molecule has 0 saturated carbocycles. The van der Waals surface area contributed by atoms with Crippen LogP contribution in [-0.4, -0.2) is 13.6 Å². The van der Waals surface area contributed by atoms with E-state index in [0.29, 0.717) is 29.7 Å². The Kier molecular flexibility index (Phi) is 3.44. The molecule has 0 bridgehead atoms. The van der Waals surface area contributed by atoms with Crippen molar-refractivity contribution in [3.05, 3.63) is 46.5 Å². The molecule has 114 valence electrons. The van der Waals surface area contributed by atoms with Crippen LogP contribution < -0.4 is 18.9 Å². The van der Waals surface area contributed by atoms with Crippen LogP contribution in [0, 0.1) is 0 Å². The van der Waals surface area contributed by atoms with E-state index in [-0.39, 0.29) is 13.6 Å². The third kappa shape index (κ3) is 2.53. The van der Waals surface area contributed by atoms with Gasteiger partial charge in [-0.05, 0) is 24.3 Å². The molecule has 6 heteroatoms. The fraction of sp³-hybridized carbons (Fsp3) is 0.250. The molecule has 0 fully saturated rings. The van der Waals surface area contributed by atoms with E-state index in [4.69, 9.17) is 35.3 Å². The average Bonchev–Trinajstić information content (AvgIpc) is 3.00. The second-order valence-electron chi connectivity index (χ2n) is 4.97. The van der Waals surface area contributed by atoms with Gasteiger partial charge in [-0.25, -0.2) is 0 Å². The van der Waals surface area contributed by atoms with Gasteiger partial charge in [0.2, 0.25) is 6.79 Å². The van der Waals surface area contributed by atoms with E-state index < -0.39 is 0 Å². The van der Waals surface area contributed by atoms with E-state index in [1.165, 1.54) is 0 Å². The molecule has 0 radical (unpaired) electrons. The molecular weight excluding hydrogens is 308 g/mol. The highest BCUT2D eigenvalue weighted by atomic mass is 35.5.